The van der Waals surface area contributed by atoms with Gasteiger partial charge in [-0.15, -0.1) is 0 Å². The Kier molecular flexibility index (Phi) is 3.48. The zero-order valence-electron chi connectivity index (χ0n) is 7.91. The minimum absolute atomic E-state index is 0.212. The number of halogens is 1. The van der Waals surface area contributed by atoms with Gasteiger partial charge in [0.15, 0.2) is 5.75 Å². The highest BCUT2D eigenvalue weighted by molar-refractivity contribution is 7.86. The number of hydrogen-bond donors (Lipinski definition) is 1. The summed E-state index contributed by atoms with van der Waals surface area (Å²) >= 11 is 5.58. The quantitative estimate of drug-likeness (QED) is 0.655. The predicted molar refractivity (Wildman–Crippen MR) is 56.7 cm³/mol. The van der Waals surface area contributed by atoms with Gasteiger partial charge in [-0.25, -0.2) is 0 Å². The molecule has 0 saturated heterocycles. The minimum Gasteiger partial charge on any atom is -0.381 e. The Labute approximate surface area is 97.7 Å². The molecule has 1 aromatic rings. The molecule has 0 atom stereocenters. The fourth-order valence-corrected chi connectivity index (χ4v) is 2.18. The summed E-state index contributed by atoms with van der Waals surface area (Å²) in [5.41, 5.74) is 0. The molecule has 0 heterocycles. The molecule has 1 N–H and O–H groups in total. The summed E-state index contributed by atoms with van der Waals surface area (Å²) in [6.07, 6.45) is 0.819. The SMILES string of the molecule is CS(=O)(=O)Oc1ccc(S(=O)(=O)O)cc1Cl. The van der Waals surface area contributed by atoms with Crippen molar-refractivity contribution in [2.75, 3.05) is 6.26 Å². The first-order valence-corrected chi connectivity index (χ1v) is 7.39. The van der Waals surface area contributed by atoms with Gasteiger partial charge >= 0.3 is 10.1 Å². The Bertz CT molecular complexity index is 604. The predicted octanol–water partition coefficient (Wildman–Crippen LogP) is 0.925. The van der Waals surface area contributed by atoms with Crippen LogP contribution < -0.4 is 4.18 Å². The second-order valence-corrected chi connectivity index (χ2v) is 6.26. The molecule has 1 aromatic carbocycles. The van der Waals surface area contributed by atoms with Crippen LogP contribution in [-0.4, -0.2) is 27.6 Å². The lowest BCUT2D eigenvalue weighted by Gasteiger charge is -2.05. The van der Waals surface area contributed by atoms with Gasteiger partial charge in [0.2, 0.25) is 0 Å². The van der Waals surface area contributed by atoms with E-state index in [9.17, 15) is 16.8 Å². The molecule has 0 aromatic heterocycles. The molecule has 0 aliphatic carbocycles. The van der Waals surface area contributed by atoms with Gasteiger partial charge in [-0.05, 0) is 18.2 Å². The van der Waals surface area contributed by atoms with Crippen LogP contribution in [-0.2, 0) is 20.2 Å². The highest BCUT2D eigenvalue weighted by Gasteiger charge is 2.14. The molecular formula is C7H7ClO6S2. The van der Waals surface area contributed by atoms with Gasteiger partial charge in [0.05, 0.1) is 16.2 Å². The Hall–Kier alpha value is -0.830. The van der Waals surface area contributed by atoms with Crippen molar-refractivity contribution in [2.24, 2.45) is 0 Å². The van der Waals surface area contributed by atoms with E-state index >= 15 is 0 Å². The molecule has 1 rings (SSSR count). The van der Waals surface area contributed by atoms with Crippen LogP contribution in [0.2, 0.25) is 5.02 Å². The average molecular weight is 287 g/mol. The third-order valence-corrected chi connectivity index (χ3v) is 3.07. The van der Waals surface area contributed by atoms with Gasteiger partial charge in [0, 0.05) is 0 Å². The van der Waals surface area contributed by atoms with Crippen molar-refractivity contribution in [3.63, 3.8) is 0 Å². The largest absolute Gasteiger partial charge is 0.381 e. The van der Waals surface area contributed by atoms with Crippen LogP contribution in [0.15, 0.2) is 23.1 Å². The Morgan fingerprint density at radius 3 is 2.19 bits per heavy atom. The molecule has 0 saturated carbocycles. The Balaban J connectivity index is 3.21. The van der Waals surface area contributed by atoms with Crippen molar-refractivity contribution < 1.29 is 25.6 Å². The summed E-state index contributed by atoms with van der Waals surface area (Å²) in [7, 11) is -8.12. The zero-order valence-corrected chi connectivity index (χ0v) is 10.3. The van der Waals surface area contributed by atoms with Crippen LogP contribution in [0.25, 0.3) is 0 Å². The summed E-state index contributed by atoms with van der Waals surface area (Å²) in [5, 5.41) is -0.236. The Morgan fingerprint density at radius 2 is 1.81 bits per heavy atom. The maximum absolute atomic E-state index is 10.8. The van der Waals surface area contributed by atoms with Crippen molar-refractivity contribution in [3.8, 4) is 5.75 Å². The maximum Gasteiger partial charge on any atom is 0.306 e. The topological polar surface area (TPSA) is 97.7 Å². The molecule has 6 nitrogen and oxygen atoms in total. The maximum atomic E-state index is 10.8. The number of hydrogen-bond acceptors (Lipinski definition) is 5. The van der Waals surface area contributed by atoms with Gasteiger partial charge in [0.25, 0.3) is 10.1 Å². The fraction of sp³-hybridized carbons (Fsp3) is 0.143. The van der Waals surface area contributed by atoms with E-state index < -0.39 is 25.1 Å². The standard InChI is InChI=1S/C7H7ClO6S2/c1-15(9,10)14-7-3-2-5(4-6(7)8)16(11,12)13/h2-4H,1H3,(H,11,12,13). The van der Waals surface area contributed by atoms with Gasteiger partial charge in [-0.1, -0.05) is 11.6 Å². The summed E-state index contributed by atoms with van der Waals surface area (Å²) in [6, 6.07) is 2.89. The molecule has 0 spiro atoms. The van der Waals surface area contributed by atoms with Crippen molar-refractivity contribution in [2.45, 2.75) is 4.90 Å². The lowest BCUT2D eigenvalue weighted by Crippen LogP contribution is -2.06. The van der Waals surface area contributed by atoms with E-state index in [1.54, 1.807) is 0 Å². The Morgan fingerprint density at radius 1 is 1.25 bits per heavy atom. The van der Waals surface area contributed by atoms with Gasteiger partial charge in [-0.3, -0.25) is 4.55 Å². The van der Waals surface area contributed by atoms with Gasteiger partial charge in [0.1, 0.15) is 0 Å². The van der Waals surface area contributed by atoms with Crippen molar-refractivity contribution in [3.05, 3.63) is 23.2 Å². The second-order valence-electron chi connectivity index (χ2n) is 2.85. The molecule has 0 bridgehead atoms. The molecule has 0 amide bonds. The third-order valence-electron chi connectivity index (χ3n) is 1.44. The van der Waals surface area contributed by atoms with Crippen molar-refractivity contribution >= 4 is 31.8 Å². The van der Waals surface area contributed by atoms with Crippen LogP contribution >= 0.6 is 11.6 Å². The van der Waals surface area contributed by atoms with Crippen LogP contribution in [0.4, 0.5) is 0 Å². The highest BCUT2D eigenvalue weighted by Crippen LogP contribution is 2.28. The molecule has 90 valence electrons. The van der Waals surface area contributed by atoms with Crippen molar-refractivity contribution in [1.29, 1.82) is 0 Å². The van der Waals surface area contributed by atoms with E-state index in [2.05, 4.69) is 4.18 Å². The van der Waals surface area contributed by atoms with Crippen LogP contribution in [0.1, 0.15) is 0 Å². The summed E-state index contributed by atoms with van der Waals surface area (Å²) in [5.74, 6) is -0.212. The van der Waals surface area contributed by atoms with Gasteiger partial charge < -0.3 is 4.18 Å². The van der Waals surface area contributed by atoms with Crippen molar-refractivity contribution in [1.82, 2.24) is 0 Å². The molecule has 0 radical (unpaired) electrons. The molecule has 16 heavy (non-hydrogen) atoms. The highest BCUT2D eigenvalue weighted by atomic mass is 35.5. The smallest absolute Gasteiger partial charge is 0.306 e. The molecule has 9 heteroatoms. The molecular weight excluding hydrogens is 280 g/mol. The summed E-state index contributed by atoms with van der Waals surface area (Å²) in [4.78, 5) is -0.446. The van der Waals surface area contributed by atoms with E-state index in [4.69, 9.17) is 16.2 Å². The molecule has 0 fully saturated rings. The summed E-state index contributed by atoms with van der Waals surface area (Å²) in [6.45, 7) is 0. The zero-order chi connectivity index (χ0) is 12.6. The summed E-state index contributed by atoms with van der Waals surface area (Å²) < 4.78 is 56.2. The first-order valence-electron chi connectivity index (χ1n) is 3.76. The van der Waals surface area contributed by atoms with Crippen LogP contribution in [0.5, 0.6) is 5.75 Å². The van der Waals surface area contributed by atoms with Crippen LogP contribution in [0, 0.1) is 0 Å². The molecule has 0 unspecified atom stereocenters. The van der Waals surface area contributed by atoms with Crippen LogP contribution in [0.3, 0.4) is 0 Å². The minimum atomic E-state index is -4.38. The van der Waals surface area contributed by atoms with E-state index in [0.717, 1.165) is 24.5 Å². The fourth-order valence-electron chi connectivity index (χ4n) is 0.873. The van der Waals surface area contributed by atoms with E-state index in [-0.39, 0.29) is 10.8 Å². The monoisotopic (exact) mass is 286 g/mol. The number of benzene rings is 1. The van der Waals surface area contributed by atoms with E-state index in [1.165, 1.54) is 0 Å². The first-order chi connectivity index (χ1) is 7.09. The van der Waals surface area contributed by atoms with E-state index in [0.29, 0.717) is 0 Å². The molecule has 0 aliphatic heterocycles. The average Bonchev–Trinajstić information content (AvgIpc) is 2.04. The first kappa shape index (κ1) is 13.2. The molecule has 0 aliphatic rings. The van der Waals surface area contributed by atoms with E-state index in [1.807, 2.05) is 0 Å². The lowest BCUT2D eigenvalue weighted by atomic mass is 10.3. The lowest BCUT2D eigenvalue weighted by molar-refractivity contribution is 0.483. The second kappa shape index (κ2) is 4.21. The normalized spacial score (nSPS) is 12.4. The van der Waals surface area contributed by atoms with Gasteiger partial charge in [-0.2, -0.15) is 16.8 Å². The third kappa shape index (κ3) is 3.63. The number of rotatable bonds is 3.